The van der Waals surface area contributed by atoms with Gasteiger partial charge in [0.2, 0.25) is 5.95 Å². The van der Waals surface area contributed by atoms with Crippen LogP contribution in [0.15, 0.2) is 18.2 Å². The molecule has 0 aliphatic rings. The summed E-state index contributed by atoms with van der Waals surface area (Å²) in [5.41, 5.74) is 6.08. The second kappa shape index (κ2) is 2.10. The van der Waals surface area contributed by atoms with Crippen LogP contribution in [0.2, 0.25) is 0 Å². The molecular formula is C7H7FN4. The second-order valence-corrected chi connectivity index (χ2v) is 2.45. The summed E-state index contributed by atoms with van der Waals surface area (Å²) in [5, 5.41) is 0. The van der Waals surface area contributed by atoms with Gasteiger partial charge in [-0.2, -0.15) is 0 Å². The Morgan fingerprint density at radius 1 is 1.42 bits per heavy atom. The molecule has 0 saturated carbocycles. The van der Waals surface area contributed by atoms with E-state index in [0.29, 0.717) is 5.52 Å². The molecule has 0 bridgehead atoms. The van der Waals surface area contributed by atoms with Crippen molar-refractivity contribution in [3.05, 3.63) is 24.0 Å². The molecule has 0 radical (unpaired) electrons. The number of nitrogen functional groups attached to an aromatic ring is 2. The third-order valence-corrected chi connectivity index (χ3v) is 1.70. The minimum atomic E-state index is -0.414. The lowest BCUT2D eigenvalue weighted by molar-refractivity contribution is 0.637. The Kier molecular flexibility index (Phi) is 1.21. The van der Waals surface area contributed by atoms with Crippen LogP contribution in [0.4, 0.5) is 10.3 Å². The minimum absolute atomic E-state index is 0.107. The highest BCUT2D eigenvalue weighted by Gasteiger charge is 2.08. The van der Waals surface area contributed by atoms with Crippen molar-refractivity contribution >= 4 is 17.0 Å². The van der Waals surface area contributed by atoms with E-state index in [-0.39, 0.29) is 11.5 Å². The van der Waals surface area contributed by atoms with Gasteiger partial charge in [0.05, 0.1) is 5.52 Å². The largest absolute Gasteiger partial charge is 0.368 e. The summed E-state index contributed by atoms with van der Waals surface area (Å²) in [6.45, 7) is 0. The molecule has 4 nitrogen and oxygen atoms in total. The predicted octanol–water partition coefficient (Wildman–Crippen LogP) is 0.471. The van der Waals surface area contributed by atoms with Crippen LogP contribution in [0.3, 0.4) is 0 Å². The molecule has 0 atom stereocenters. The molecule has 1 heterocycles. The van der Waals surface area contributed by atoms with E-state index in [9.17, 15) is 4.39 Å². The first-order valence-corrected chi connectivity index (χ1v) is 3.37. The lowest BCUT2D eigenvalue weighted by Crippen LogP contribution is -2.11. The SMILES string of the molecule is Nc1nc2c(F)cccc2n1N. The molecule has 0 aliphatic heterocycles. The number of nitrogens with zero attached hydrogens (tertiary/aromatic N) is 2. The summed E-state index contributed by atoms with van der Waals surface area (Å²) < 4.78 is 14.1. The Morgan fingerprint density at radius 3 is 2.83 bits per heavy atom. The van der Waals surface area contributed by atoms with E-state index in [1.807, 2.05) is 0 Å². The fraction of sp³-hybridized carbons (Fsp3) is 0. The number of benzene rings is 1. The highest BCUT2D eigenvalue weighted by atomic mass is 19.1. The van der Waals surface area contributed by atoms with Crippen molar-refractivity contribution < 1.29 is 4.39 Å². The van der Waals surface area contributed by atoms with Crippen molar-refractivity contribution in [2.75, 3.05) is 11.6 Å². The molecule has 0 saturated heterocycles. The number of nitrogens with two attached hydrogens (primary N) is 2. The van der Waals surface area contributed by atoms with Crippen molar-refractivity contribution in [3.63, 3.8) is 0 Å². The maximum absolute atomic E-state index is 13.0. The van der Waals surface area contributed by atoms with Crippen LogP contribution in [0.25, 0.3) is 11.0 Å². The Balaban J connectivity index is 2.95. The number of fused-ring (bicyclic) bond motifs is 1. The molecule has 0 aliphatic carbocycles. The molecule has 1 aromatic carbocycles. The zero-order valence-electron chi connectivity index (χ0n) is 6.16. The van der Waals surface area contributed by atoms with Crippen molar-refractivity contribution in [2.24, 2.45) is 0 Å². The average molecular weight is 166 g/mol. The summed E-state index contributed by atoms with van der Waals surface area (Å²) in [4.78, 5) is 3.75. The fourth-order valence-electron chi connectivity index (χ4n) is 1.10. The second-order valence-electron chi connectivity index (χ2n) is 2.45. The summed E-state index contributed by atoms with van der Waals surface area (Å²) in [6, 6.07) is 4.53. The van der Waals surface area contributed by atoms with E-state index < -0.39 is 5.82 Å². The van der Waals surface area contributed by atoms with Crippen LogP contribution >= 0.6 is 0 Å². The predicted molar refractivity (Wildman–Crippen MR) is 44.3 cm³/mol. The molecule has 4 N–H and O–H groups in total. The third kappa shape index (κ3) is 0.730. The number of aromatic nitrogens is 2. The van der Waals surface area contributed by atoms with Gasteiger partial charge in [-0.05, 0) is 12.1 Å². The van der Waals surface area contributed by atoms with Gasteiger partial charge in [0, 0.05) is 0 Å². The maximum atomic E-state index is 13.0. The molecule has 0 unspecified atom stereocenters. The molecule has 62 valence electrons. The van der Waals surface area contributed by atoms with Gasteiger partial charge >= 0.3 is 0 Å². The summed E-state index contributed by atoms with van der Waals surface area (Å²) in [6.07, 6.45) is 0. The van der Waals surface area contributed by atoms with Gasteiger partial charge in [0.1, 0.15) is 5.52 Å². The van der Waals surface area contributed by atoms with Crippen LogP contribution in [0.1, 0.15) is 0 Å². The summed E-state index contributed by atoms with van der Waals surface area (Å²) in [7, 11) is 0. The molecule has 12 heavy (non-hydrogen) atoms. The zero-order chi connectivity index (χ0) is 8.72. The van der Waals surface area contributed by atoms with Crippen LogP contribution in [0, 0.1) is 5.82 Å². The first-order chi connectivity index (χ1) is 5.70. The number of imidazole rings is 1. The molecular weight excluding hydrogens is 159 g/mol. The Bertz CT molecular complexity index is 434. The first-order valence-electron chi connectivity index (χ1n) is 3.37. The van der Waals surface area contributed by atoms with Crippen LogP contribution in [0.5, 0.6) is 0 Å². The highest BCUT2D eigenvalue weighted by molar-refractivity contribution is 5.78. The Hall–Kier alpha value is -1.78. The third-order valence-electron chi connectivity index (χ3n) is 1.70. The lowest BCUT2D eigenvalue weighted by atomic mass is 10.3. The van der Waals surface area contributed by atoms with Crippen molar-refractivity contribution in [3.8, 4) is 0 Å². The van der Waals surface area contributed by atoms with Gasteiger partial charge in [0.15, 0.2) is 5.82 Å². The van der Waals surface area contributed by atoms with E-state index in [1.54, 1.807) is 12.1 Å². The number of rotatable bonds is 0. The van der Waals surface area contributed by atoms with Crippen molar-refractivity contribution in [1.82, 2.24) is 9.66 Å². The maximum Gasteiger partial charge on any atom is 0.220 e. The number of halogens is 1. The number of hydrogen-bond donors (Lipinski definition) is 2. The van der Waals surface area contributed by atoms with Gasteiger partial charge in [-0.1, -0.05) is 6.07 Å². The van der Waals surface area contributed by atoms with Gasteiger partial charge < -0.3 is 11.6 Å². The van der Waals surface area contributed by atoms with E-state index in [4.69, 9.17) is 11.6 Å². The van der Waals surface area contributed by atoms with E-state index in [1.165, 1.54) is 6.07 Å². The van der Waals surface area contributed by atoms with Gasteiger partial charge in [-0.3, -0.25) is 0 Å². The Labute approximate surface area is 67.6 Å². The van der Waals surface area contributed by atoms with E-state index in [2.05, 4.69) is 4.98 Å². The van der Waals surface area contributed by atoms with Gasteiger partial charge in [-0.15, -0.1) is 0 Å². The molecule has 1 aromatic heterocycles. The molecule has 5 heteroatoms. The van der Waals surface area contributed by atoms with Crippen LogP contribution in [-0.2, 0) is 0 Å². The summed E-state index contributed by atoms with van der Waals surface area (Å²) >= 11 is 0. The number of hydrogen-bond acceptors (Lipinski definition) is 3. The van der Waals surface area contributed by atoms with Gasteiger partial charge in [-0.25, -0.2) is 14.1 Å². The lowest BCUT2D eigenvalue weighted by Gasteiger charge is -1.94. The normalized spacial score (nSPS) is 10.8. The zero-order valence-corrected chi connectivity index (χ0v) is 6.16. The molecule has 2 rings (SSSR count). The number of anilines is 1. The average Bonchev–Trinajstić information content (AvgIpc) is 2.32. The quantitative estimate of drug-likeness (QED) is 0.559. The molecule has 2 aromatic rings. The Morgan fingerprint density at radius 2 is 2.17 bits per heavy atom. The molecule has 0 spiro atoms. The van der Waals surface area contributed by atoms with Crippen LogP contribution < -0.4 is 11.6 Å². The standard InChI is InChI=1S/C7H7FN4/c8-4-2-1-3-5-6(4)11-7(9)12(5)10/h1-3H,10H2,(H2,9,11). The minimum Gasteiger partial charge on any atom is -0.368 e. The fourth-order valence-corrected chi connectivity index (χ4v) is 1.10. The highest BCUT2D eigenvalue weighted by Crippen LogP contribution is 2.17. The smallest absolute Gasteiger partial charge is 0.220 e. The molecule has 0 amide bonds. The topological polar surface area (TPSA) is 69.9 Å². The van der Waals surface area contributed by atoms with E-state index >= 15 is 0 Å². The van der Waals surface area contributed by atoms with Crippen LogP contribution in [-0.4, -0.2) is 9.66 Å². The molecule has 0 fully saturated rings. The van der Waals surface area contributed by atoms with Crippen molar-refractivity contribution in [2.45, 2.75) is 0 Å². The monoisotopic (exact) mass is 166 g/mol. The van der Waals surface area contributed by atoms with Crippen molar-refractivity contribution in [1.29, 1.82) is 0 Å². The van der Waals surface area contributed by atoms with Gasteiger partial charge in [0.25, 0.3) is 0 Å². The number of para-hydroxylation sites is 1. The summed E-state index contributed by atoms with van der Waals surface area (Å²) in [5.74, 6) is 5.16. The van der Waals surface area contributed by atoms with E-state index in [0.717, 1.165) is 4.68 Å². The first kappa shape index (κ1) is 6.90.